The number of para-hydroxylation sites is 1. The van der Waals surface area contributed by atoms with Gasteiger partial charge < -0.3 is 10.4 Å². The van der Waals surface area contributed by atoms with Crippen molar-refractivity contribution in [2.75, 3.05) is 5.32 Å². The zero-order chi connectivity index (χ0) is 13.6. The van der Waals surface area contributed by atoms with Crippen molar-refractivity contribution in [3.63, 3.8) is 0 Å². The van der Waals surface area contributed by atoms with Crippen molar-refractivity contribution in [3.05, 3.63) is 63.6 Å². The molecule has 1 aliphatic rings. The van der Waals surface area contributed by atoms with Crippen molar-refractivity contribution < 1.29 is 9.90 Å². The highest BCUT2D eigenvalue weighted by Gasteiger charge is 2.47. The number of benzene rings is 2. The van der Waals surface area contributed by atoms with Crippen LogP contribution in [-0.2, 0) is 10.4 Å². The number of fused-ring (bicyclic) bond motifs is 1. The molecule has 0 aliphatic carbocycles. The number of carbonyl (C=O) groups is 1. The van der Waals surface area contributed by atoms with Crippen LogP contribution in [0.2, 0.25) is 10.0 Å². The third-order valence-electron chi connectivity index (χ3n) is 3.23. The van der Waals surface area contributed by atoms with Crippen LogP contribution in [0.3, 0.4) is 0 Å². The lowest BCUT2D eigenvalue weighted by atomic mass is 9.87. The van der Waals surface area contributed by atoms with Crippen molar-refractivity contribution in [3.8, 4) is 0 Å². The average molecular weight is 294 g/mol. The van der Waals surface area contributed by atoms with E-state index in [9.17, 15) is 9.90 Å². The first kappa shape index (κ1) is 12.5. The highest BCUT2D eigenvalue weighted by Crippen LogP contribution is 2.43. The van der Waals surface area contributed by atoms with Gasteiger partial charge in [0.1, 0.15) is 0 Å². The number of carbonyl (C=O) groups excluding carboxylic acids is 1. The molecular formula is C14H9Cl2NO2. The molecule has 3 nitrogen and oxygen atoms in total. The second-order valence-corrected chi connectivity index (χ2v) is 5.18. The summed E-state index contributed by atoms with van der Waals surface area (Å²) in [5, 5.41) is 14.3. The Morgan fingerprint density at radius 3 is 2.42 bits per heavy atom. The molecule has 0 saturated heterocycles. The molecule has 2 aromatic carbocycles. The Kier molecular flexibility index (Phi) is 2.78. The van der Waals surface area contributed by atoms with E-state index in [1.807, 2.05) is 0 Å². The molecule has 2 aromatic rings. The Balaban J connectivity index is 2.23. The summed E-state index contributed by atoms with van der Waals surface area (Å²) in [4.78, 5) is 12.1. The fraction of sp³-hybridized carbons (Fsp3) is 0.0714. The number of hydrogen-bond acceptors (Lipinski definition) is 2. The van der Waals surface area contributed by atoms with Crippen LogP contribution in [0.1, 0.15) is 11.1 Å². The summed E-state index contributed by atoms with van der Waals surface area (Å²) < 4.78 is 0. The second-order valence-electron chi connectivity index (χ2n) is 4.33. The van der Waals surface area contributed by atoms with E-state index < -0.39 is 11.5 Å². The van der Waals surface area contributed by atoms with Crippen LogP contribution in [-0.4, -0.2) is 11.0 Å². The van der Waals surface area contributed by atoms with E-state index in [-0.39, 0.29) is 0 Å². The molecule has 0 saturated carbocycles. The Hall–Kier alpha value is -1.55. The number of amides is 1. The molecule has 1 atom stereocenters. The normalized spacial score (nSPS) is 21.1. The van der Waals surface area contributed by atoms with E-state index in [4.69, 9.17) is 23.2 Å². The van der Waals surface area contributed by atoms with Crippen LogP contribution in [0, 0.1) is 0 Å². The van der Waals surface area contributed by atoms with Gasteiger partial charge in [0.25, 0.3) is 5.91 Å². The Morgan fingerprint density at radius 1 is 1.05 bits per heavy atom. The topological polar surface area (TPSA) is 49.3 Å². The lowest BCUT2D eigenvalue weighted by Crippen LogP contribution is -2.35. The van der Waals surface area contributed by atoms with Gasteiger partial charge in [-0.05, 0) is 23.8 Å². The maximum atomic E-state index is 12.1. The molecule has 19 heavy (non-hydrogen) atoms. The van der Waals surface area contributed by atoms with Gasteiger partial charge in [-0.1, -0.05) is 47.5 Å². The molecule has 0 fully saturated rings. The molecule has 2 N–H and O–H groups in total. The second kappa shape index (κ2) is 4.23. The predicted molar refractivity (Wildman–Crippen MR) is 74.5 cm³/mol. The third-order valence-corrected chi connectivity index (χ3v) is 3.80. The number of rotatable bonds is 1. The van der Waals surface area contributed by atoms with Gasteiger partial charge in [0, 0.05) is 10.6 Å². The molecule has 1 amide bonds. The van der Waals surface area contributed by atoms with E-state index >= 15 is 0 Å². The van der Waals surface area contributed by atoms with Gasteiger partial charge in [-0.3, -0.25) is 4.79 Å². The van der Waals surface area contributed by atoms with Crippen LogP contribution in [0.4, 0.5) is 5.69 Å². The first-order valence-corrected chi connectivity index (χ1v) is 6.38. The minimum Gasteiger partial charge on any atom is -0.372 e. The Bertz CT molecular complexity index is 670. The zero-order valence-electron chi connectivity index (χ0n) is 9.65. The van der Waals surface area contributed by atoms with Crippen LogP contribution in [0.15, 0.2) is 42.5 Å². The molecule has 0 bridgehead atoms. The average Bonchev–Trinajstić information content (AvgIpc) is 2.66. The van der Waals surface area contributed by atoms with Crippen LogP contribution >= 0.6 is 23.2 Å². The highest BCUT2D eigenvalue weighted by atomic mass is 35.5. The minimum atomic E-state index is -1.73. The van der Waals surface area contributed by atoms with Crippen molar-refractivity contribution in [1.82, 2.24) is 0 Å². The molecule has 1 aliphatic heterocycles. The fourth-order valence-corrected chi connectivity index (χ4v) is 2.60. The van der Waals surface area contributed by atoms with E-state index in [0.717, 1.165) is 0 Å². The summed E-state index contributed by atoms with van der Waals surface area (Å²) in [6.45, 7) is 0. The number of nitrogens with one attached hydrogen (secondary N) is 1. The molecule has 3 rings (SSSR count). The summed E-state index contributed by atoms with van der Waals surface area (Å²) in [7, 11) is 0. The van der Waals surface area contributed by atoms with E-state index in [1.165, 1.54) is 0 Å². The summed E-state index contributed by atoms with van der Waals surface area (Å²) in [5.41, 5.74) is -0.375. The van der Waals surface area contributed by atoms with Gasteiger partial charge in [-0.15, -0.1) is 0 Å². The number of anilines is 1. The van der Waals surface area contributed by atoms with Crippen molar-refractivity contribution in [2.45, 2.75) is 5.60 Å². The van der Waals surface area contributed by atoms with E-state index in [1.54, 1.807) is 42.5 Å². The SMILES string of the molecule is O=C1Nc2c(Cl)cccc2C1(O)c1ccc(Cl)cc1. The lowest BCUT2D eigenvalue weighted by Gasteiger charge is -2.21. The summed E-state index contributed by atoms with van der Waals surface area (Å²) >= 11 is 11.9. The Morgan fingerprint density at radius 2 is 1.74 bits per heavy atom. The molecule has 1 unspecified atom stereocenters. The van der Waals surface area contributed by atoms with Gasteiger partial charge in [-0.2, -0.15) is 0 Å². The summed E-state index contributed by atoms with van der Waals surface area (Å²) in [6, 6.07) is 11.5. The Labute approximate surface area is 119 Å². The molecule has 0 radical (unpaired) electrons. The zero-order valence-corrected chi connectivity index (χ0v) is 11.2. The number of aliphatic hydroxyl groups is 1. The molecule has 0 aromatic heterocycles. The van der Waals surface area contributed by atoms with Gasteiger partial charge in [-0.25, -0.2) is 0 Å². The maximum absolute atomic E-state index is 12.1. The van der Waals surface area contributed by atoms with Gasteiger partial charge in [0.2, 0.25) is 0 Å². The third kappa shape index (κ3) is 1.74. The monoisotopic (exact) mass is 293 g/mol. The van der Waals surface area contributed by atoms with Crippen molar-refractivity contribution >= 4 is 34.8 Å². The molecule has 5 heteroatoms. The smallest absolute Gasteiger partial charge is 0.265 e. The molecular weight excluding hydrogens is 285 g/mol. The van der Waals surface area contributed by atoms with Crippen LogP contribution < -0.4 is 5.32 Å². The largest absolute Gasteiger partial charge is 0.372 e. The van der Waals surface area contributed by atoms with Crippen molar-refractivity contribution in [1.29, 1.82) is 0 Å². The highest BCUT2D eigenvalue weighted by molar-refractivity contribution is 6.35. The summed E-state index contributed by atoms with van der Waals surface area (Å²) in [5.74, 6) is -0.516. The summed E-state index contributed by atoms with van der Waals surface area (Å²) in [6.07, 6.45) is 0. The first-order chi connectivity index (χ1) is 9.03. The molecule has 0 spiro atoms. The van der Waals surface area contributed by atoms with Gasteiger partial charge >= 0.3 is 0 Å². The number of hydrogen-bond donors (Lipinski definition) is 2. The van der Waals surface area contributed by atoms with Crippen LogP contribution in [0.25, 0.3) is 0 Å². The lowest BCUT2D eigenvalue weighted by molar-refractivity contribution is -0.129. The van der Waals surface area contributed by atoms with Gasteiger partial charge in [0.05, 0.1) is 10.7 Å². The quantitative estimate of drug-likeness (QED) is 0.848. The van der Waals surface area contributed by atoms with E-state index in [0.29, 0.717) is 26.9 Å². The van der Waals surface area contributed by atoms with Crippen LogP contribution in [0.5, 0.6) is 0 Å². The van der Waals surface area contributed by atoms with Gasteiger partial charge in [0.15, 0.2) is 5.60 Å². The minimum absolute atomic E-state index is 0.399. The fourth-order valence-electron chi connectivity index (χ4n) is 2.26. The standard InChI is InChI=1S/C14H9Cl2NO2/c15-9-6-4-8(5-7-9)14(19)10-2-1-3-11(16)12(10)17-13(14)18/h1-7,19H,(H,17,18). The first-order valence-electron chi connectivity index (χ1n) is 5.62. The molecule has 1 heterocycles. The number of halogens is 2. The molecule has 96 valence electrons. The predicted octanol–water partition coefficient (Wildman–Crippen LogP) is 3.18. The maximum Gasteiger partial charge on any atom is 0.265 e. The van der Waals surface area contributed by atoms with E-state index in [2.05, 4.69) is 5.32 Å². The van der Waals surface area contributed by atoms with Crippen molar-refractivity contribution in [2.24, 2.45) is 0 Å².